The Kier molecular flexibility index (Phi) is 9.11. The Morgan fingerprint density at radius 1 is 0.956 bits per heavy atom. The molecule has 0 saturated heterocycles. The second-order valence-corrected chi connectivity index (χ2v) is 16.8. The minimum Gasteiger partial charge on any atom is -0.504 e. The van der Waals surface area contributed by atoms with Crippen LogP contribution in [-0.4, -0.2) is 44.7 Å². The Morgan fingerprint density at radius 2 is 1.67 bits per heavy atom. The highest BCUT2D eigenvalue weighted by atomic mass is 16.5. The molecule has 0 aliphatic heterocycles. The molecule has 1 aromatic carbocycles. The van der Waals surface area contributed by atoms with Gasteiger partial charge in [-0.1, -0.05) is 52.3 Å². The first-order chi connectivity index (χ1) is 21.0. The first kappa shape index (κ1) is 34.0. The molecule has 4 N–H and O–H groups in total. The fraction of sp³-hybridized carbons (Fsp3) is 0.718. The van der Waals surface area contributed by atoms with E-state index in [0.717, 1.165) is 44.1 Å². The average Bonchev–Trinajstić information content (AvgIpc) is 3.34. The first-order valence-electron chi connectivity index (χ1n) is 17.4. The summed E-state index contributed by atoms with van der Waals surface area (Å²) in [6, 6.07) is 4.48. The van der Waals surface area contributed by atoms with E-state index in [9.17, 15) is 25.2 Å². The number of hydrogen-bond donors (Lipinski definition) is 4. The van der Waals surface area contributed by atoms with Crippen LogP contribution >= 0.6 is 0 Å². The summed E-state index contributed by atoms with van der Waals surface area (Å²) in [6.07, 6.45) is 15.3. The van der Waals surface area contributed by atoms with Crippen molar-refractivity contribution in [2.45, 2.75) is 124 Å². The van der Waals surface area contributed by atoms with Crippen molar-refractivity contribution in [1.29, 1.82) is 0 Å². The number of benzene rings is 1. The van der Waals surface area contributed by atoms with Gasteiger partial charge in [-0.3, -0.25) is 0 Å². The number of esters is 1. The van der Waals surface area contributed by atoms with Crippen molar-refractivity contribution < 1.29 is 30.0 Å². The van der Waals surface area contributed by atoms with Crippen LogP contribution in [0.1, 0.15) is 118 Å². The minimum atomic E-state index is -0.708. The van der Waals surface area contributed by atoms with Gasteiger partial charge in [0.15, 0.2) is 11.5 Å². The van der Waals surface area contributed by atoms with E-state index in [1.807, 2.05) is 6.92 Å². The summed E-state index contributed by atoms with van der Waals surface area (Å²) in [5, 5.41) is 40.6. The second-order valence-electron chi connectivity index (χ2n) is 16.8. The number of hydrogen-bond acceptors (Lipinski definition) is 6. The quantitative estimate of drug-likeness (QED) is 0.101. The Balaban J connectivity index is 1.30. The van der Waals surface area contributed by atoms with Crippen LogP contribution in [0.4, 0.5) is 0 Å². The van der Waals surface area contributed by atoms with Crippen molar-refractivity contribution in [3.05, 3.63) is 41.5 Å². The lowest BCUT2D eigenvalue weighted by atomic mass is 9.35. The van der Waals surface area contributed by atoms with Crippen LogP contribution in [0.25, 0.3) is 6.08 Å². The number of allylic oxidation sites excluding steroid dienone is 1. The van der Waals surface area contributed by atoms with Crippen LogP contribution in [-0.2, 0) is 9.53 Å². The third kappa shape index (κ3) is 5.77. The molecule has 45 heavy (non-hydrogen) atoms. The number of aliphatic hydroxyl groups excluding tert-OH is 1. The summed E-state index contributed by atoms with van der Waals surface area (Å²) in [7, 11) is 0. The lowest BCUT2D eigenvalue weighted by Crippen LogP contribution is -2.64. The number of carbonyl (C=O) groups excluding carboxylic acids is 1. The molecule has 0 spiro atoms. The van der Waals surface area contributed by atoms with Gasteiger partial charge in [-0.25, -0.2) is 4.79 Å². The molecule has 5 rings (SSSR count). The summed E-state index contributed by atoms with van der Waals surface area (Å²) in [4.78, 5) is 13.0. The predicted octanol–water partition coefficient (Wildman–Crippen LogP) is 8.18. The molecule has 0 bridgehead atoms. The summed E-state index contributed by atoms with van der Waals surface area (Å²) >= 11 is 0. The number of carbonyl (C=O) groups is 1. The molecule has 0 heterocycles. The SMILES string of the molecule is CC(=CCCC(C)(O)C1CC[C@]2(C)C1CCC1[C@@]3(C)CC[C@H](OC(=O)C=Cc4ccc(O)c(O)c4)C(C)(C)C3CC[C@]12C)CO. The molecule has 250 valence electrons. The number of phenols is 2. The lowest BCUT2D eigenvalue weighted by molar-refractivity contribution is -0.229. The molecule has 0 radical (unpaired) electrons. The maximum atomic E-state index is 13.0. The maximum Gasteiger partial charge on any atom is 0.331 e. The molecule has 4 fully saturated rings. The number of aromatic hydroxyl groups is 2. The second kappa shape index (κ2) is 12.0. The van der Waals surface area contributed by atoms with Gasteiger partial charge < -0.3 is 25.2 Å². The number of phenolic OH excluding ortho intramolecular Hbond substituents is 2. The van der Waals surface area contributed by atoms with Gasteiger partial charge in [-0.15, -0.1) is 0 Å². The summed E-state index contributed by atoms with van der Waals surface area (Å²) < 4.78 is 6.15. The zero-order valence-corrected chi connectivity index (χ0v) is 28.7. The Labute approximate surface area is 271 Å². The van der Waals surface area contributed by atoms with Gasteiger partial charge in [0.1, 0.15) is 6.10 Å². The van der Waals surface area contributed by atoms with E-state index < -0.39 is 5.60 Å². The van der Waals surface area contributed by atoms with E-state index in [-0.39, 0.29) is 51.8 Å². The van der Waals surface area contributed by atoms with Gasteiger partial charge in [0, 0.05) is 11.5 Å². The number of fused-ring (bicyclic) bond motifs is 5. The molecule has 1 aromatic rings. The number of rotatable bonds is 8. The summed E-state index contributed by atoms with van der Waals surface area (Å²) in [5.41, 5.74) is 1.29. The van der Waals surface area contributed by atoms with Gasteiger partial charge in [-0.05, 0) is 142 Å². The molecule has 0 aromatic heterocycles. The highest BCUT2D eigenvalue weighted by Gasteiger charge is 2.69. The lowest BCUT2D eigenvalue weighted by Gasteiger charge is -2.70. The molecular weight excluding hydrogens is 564 g/mol. The molecule has 6 nitrogen and oxygen atoms in total. The van der Waals surface area contributed by atoms with Gasteiger partial charge in [-0.2, -0.15) is 0 Å². The molecule has 5 unspecified atom stereocenters. The highest BCUT2D eigenvalue weighted by molar-refractivity contribution is 5.87. The largest absolute Gasteiger partial charge is 0.504 e. The van der Waals surface area contributed by atoms with Gasteiger partial charge in [0.2, 0.25) is 0 Å². The Bertz CT molecular complexity index is 1330. The van der Waals surface area contributed by atoms with E-state index in [1.165, 1.54) is 43.9 Å². The molecular formula is C39H58O6. The van der Waals surface area contributed by atoms with Crippen molar-refractivity contribution >= 4 is 12.0 Å². The third-order valence-electron chi connectivity index (χ3n) is 14.2. The molecule has 4 aliphatic carbocycles. The van der Waals surface area contributed by atoms with Gasteiger partial charge >= 0.3 is 5.97 Å². The molecule has 4 saturated carbocycles. The molecule has 9 atom stereocenters. The van der Waals surface area contributed by atoms with Crippen LogP contribution in [0.2, 0.25) is 0 Å². The van der Waals surface area contributed by atoms with Crippen LogP contribution in [0, 0.1) is 45.3 Å². The van der Waals surface area contributed by atoms with Gasteiger partial charge in [0.25, 0.3) is 0 Å². The molecule has 4 aliphatic rings. The van der Waals surface area contributed by atoms with Crippen molar-refractivity contribution in [3.8, 4) is 11.5 Å². The average molecular weight is 623 g/mol. The Morgan fingerprint density at radius 3 is 2.36 bits per heavy atom. The van der Waals surface area contributed by atoms with E-state index in [2.05, 4.69) is 47.6 Å². The first-order valence-corrected chi connectivity index (χ1v) is 17.4. The van der Waals surface area contributed by atoms with E-state index in [0.29, 0.717) is 29.2 Å². The third-order valence-corrected chi connectivity index (χ3v) is 14.2. The highest BCUT2D eigenvalue weighted by Crippen LogP contribution is 2.76. The minimum absolute atomic E-state index is 0.0793. The molecule has 6 heteroatoms. The topological polar surface area (TPSA) is 107 Å². The number of ether oxygens (including phenoxy) is 1. The standard InChI is InChI=1S/C39H58O6/c1-25(24-40)9-8-19-39(7,44)28-16-21-37(5)27(28)12-14-32-36(4)20-18-33(35(2,3)31(36)17-22-38(32,37)6)45-34(43)15-11-26-10-13-29(41)30(42)23-26/h9-11,13,15,23,27-28,31-33,40-42,44H,8,12,14,16-22,24H2,1-7H3/t27?,28?,31?,32?,33-,36-,37+,38+,39?/m0/s1. The van der Waals surface area contributed by atoms with Gasteiger partial charge in [0.05, 0.1) is 12.2 Å². The van der Waals surface area contributed by atoms with Crippen molar-refractivity contribution in [1.82, 2.24) is 0 Å². The van der Waals surface area contributed by atoms with Crippen molar-refractivity contribution in [3.63, 3.8) is 0 Å². The van der Waals surface area contributed by atoms with E-state index >= 15 is 0 Å². The zero-order chi connectivity index (χ0) is 33.0. The fourth-order valence-electron chi connectivity index (χ4n) is 11.5. The van der Waals surface area contributed by atoms with Crippen LogP contribution < -0.4 is 0 Å². The predicted molar refractivity (Wildman–Crippen MR) is 178 cm³/mol. The zero-order valence-electron chi connectivity index (χ0n) is 28.7. The normalized spacial score (nSPS) is 39.0. The van der Waals surface area contributed by atoms with Crippen molar-refractivity contribution in [2.24, 2.45) is 45.3 Å². The van der Waals surface area contributed by atoms with E-state index in [4.69, 9.17) is 4.74 Å². The van der Waals surface area contributed by atoms with E-state index in [1.54, 1.807) is 12.1 Å². The number of aliphatic hydroxyl groups is 2. The Hall–Kier alpha value is -2.31. The monoisotopic (exact) mass is 622 g/mol. The van der Waals surface area contributed by atoms with Crippen LogP contribution in [0.15, 0.2) is 35.9 Å². The fourth-order valence-corrected chi connectivity index (χ4v) is 11.5. The summed E-state index contributed by atoms with van der Waals surface area (Å²) in [5.74, 6) is 1.10. The van der Waals surface area contributed by atoms with Crippen LogP contribution in [0.3, 0.4) is 0 Å². The van der Waals surface area contributed by atoms with Crippen molar-refractivity contribution in [2.75, 3.05) is 6.61 Å². The van der Waals surface area contributed by atoms with Crippen LogP contribution in [0.5, 0.6) is 11.5 Å². The smallest absolute Gasteiger partial charge is 0.331 e. The molecule has 0 amide bonds. The maximum absolute atomic E-state index is 13.0. The summed E-state index contributed by atoms with van der Waals surface area (Å²) in [6.45, 7) is 16.4.